The summed E-state index contributed by atoms with van der Waals surface area (Å²) in [5, 5.41) is 8.42. The van der Waals surface area contributed by atoms with Crippen molar-refractivity contribution >= 4 is 28.3 Å². The zero-order valence-corrected chi connectivity index (χ0v) is 18.0. The van der Waals surface area contributed by atoms with Crippen LogP contribution < -0.4 is 10.6 Å². The summed E-state index contributed by atoms with van der Waals surface area (Å²) in [6.07, 6.45) is 14.1. The zero-order valence-electron chi connectivity index (χ0n) is 17.2. The maximum Gasteiger partial charge on any atom is 0.342 e. The standard InChI is InChI=1S/C23H29N3O3S/c27-22(29-18-9-5-2-6-10-18)20-19(16-11-13-24-14-12-16)15-30-21(20)26-23(28)25-17-7-3-1-4-8-17/h11-15,17-18H,1-10H2,(H2,25,26,28). The second-order valence-electron chi connectivity index (χ2n) is 8.19. The van der Waals surface area contributed by atoms with Gasteiger partial charge in [0.1, 0.15) is 16.7 Å². The summed E-state index contributed by atoms with van der Waals surface area (Å²) >= 11 is 1.36. The maximum atomic E-state index is 13.2. The van der Waals surface area contributed by atoms with Crippen molar-refractivity contribution in [2.45, 2.75) is 76.4 Å². The zero-order chi connectivity index (χ0) is 20.8. The summed E-state index contributed by atoms with van der Waals surface area (Å²) in [6, 6.07) is 3.68. The lowest BCUT2D eigenvalue weighted by atomic mass is 9.96. The summed E-state index contributed by atoms with van der Waals surface area (Å²) in [4.78, 5) is 29.8. The molecule has 0 atom stereocenters. The number of aromatic nitrogens is 1. The van der Waals surface area contributed by atoms with Crippen LogP contribution in [-0.4, -0.2) is 29.1 Å². The first kappa shape index (κ1) is 20.8. The molecule has 160 valence electrons. The van der Waals surface area contributed by atoms with Crippen LogP contribution in [0.5, 0.6) is 0 Å². The van der Waals surface area contributed by atoms with Crippen LogP contribution in [-0.2, 0) is 4.74 Å². The molecular formula is C23H29N3O3S. The van der Waals surface area contributed by atoms with Crippen LogP contribution in [0, 0.1) is 0 Å². The number of nitrogens with one attached hydrogen (secondary N) is 2. The van der Waals surface area contributed by atoms with Crippen LogP contribution >= 0.6 is 11.3 Å². The molecule has 2 fully saturated rings. The molecule has 0 spiro atoms. The van der Waals surface area contributed by atoms with Crippen molar-refractivity contribution < 1.29 is 14.3 Å². The molecule has 2 aliphatic rings. The number of amides is 2. The van der Waals surface area contributed by atoms with Gasteiger partial charge in [0.15, 0.2) is 0 Å². The van der Waals surface area contributed by atoms with Crippen molar-refractivity contribution in [2.24, 2.45) is 0 Å². The summed E-state index contributed by atoms with van der Waals surface area (Å²) < 4.78 is 5.85. The Morgan fingerprint density at radius 3 is 2.33 bits per heavy atom. The number of carbonyl (C=O) groups excluding carboxylic acids is 2. The first-order valence-electron chi connectivity index (χ1n) is 11.0. The van der Waals surface area contributed by atoms with Crippen LogP contribution in [0.2, 0.25) is 0 Å². The summed E-state index contributed by atoms with van der Waals surface area (Å²) in [5.41, 5.74) is 2.10. The predicted octanol–water partition coefficient (Wildman–Crippen LogP) is 5.75. The molecule has 2 amide bonds. The third-order valence-corrected chi connectivity index (χ3v) is 6.88. The van der Waals surface area contributed by atoms with Gasteiger partial charge in [-0.3, -0.25) is 10.3 Å². The molecule has 0 aromatic carbocycles. The number of urea groups is 1. The van der Waals surface area contributed by atoms with E-state index in [0.29, 0.717) is 10.6 Å². The Kier molecular flexibility index (Phi) is 7.00. The van der Waals surface area contributed by atoms with E-state index in [0.717, 1.165) is 62.5 Å². The van der Waals surface area contributed by atoms with Gasteiger partial charge in [-0.15, -0.1) is 11.3 Å². The Morgan fingerprint density at radius 2 is 1.63 bits per heavy atom. The first-order chi connectivity index (χ1) is 14.7. The number of carbonyl (C=O) groups is 2. The van der Waals surface area contributed by atoms with E-state index in [1.54, 1.807) is 12.4 Å². The highest BCUT2D eigenvalue weighted by Crippen LogP contribution is 2.37. The van der Waals surface area contributed by atoms with Crippen molar-refractivity contribution in [3.63, 3.8) is 0 Å². The molecule has 0 radical (unpaired) electrons. The fraction of sp³-hybridized carbons (Fsp3) is 0.522. The first-order valence-corrected chi connectivity index (χ1v) is 11.9. The summed E-state index contributed by atoms with van der Waals surface area (Å²) in [5.74, 6) is -0.358. The number of esters is 1. The lowest BCUT2D eigenvalue weighted by molar-refractivity contribution is 0.0214. The third-order valence-electron chi connectivity index (χ3n) is 5.98. The second kappa shape index (κ2) is 10.1. The summed E-state index contributed by atoms with van der Waals surface area (Å²) in [6.45, 7) is 0. The van der Waals surface area contributed by atoms with Gasteiger partial charge in [0, 0.05) is 29.4 Å². The molecule has 0 unspecified atom stereocenters. The van der Waals surface area contributed by atoms with Crippen LogP contribution in [0.4, 0.5) is 9.80 Å². The van der Waals surface area contributed by atoms with Crippen LogP contribution in [0.15, 0.2) is 29.9 Å². The van der Waals surface area contributed by atoms with E-state index in [1.807, 2.05) is 17.5 Å². The number of pyridine rings is 1. The maximum absolute atomic E-state index is 13.2. The average Bonchev–Trinajstić information content (AvgIpc) is 3.19. The van der Waals surface area contributed by atoms with Crippen molar-refractivity contribution in [3.8, 4) is 11.1 Å². The molecule has 2 saturated carbocycles. The number of nitrogens with zero attached hydrogens (tertiary/aromatic N) is 1. The molecule has 0 saturated heterocycles. The lowest BCUT2D eigenvalue weighted by Crippen LogP contribution is -2.39. The van der Waals surface area contributed by atoms with Crippen molar-refractivity contribution in [1.82, 2.24) is 10.3 Å². The van der Waals surface area contributed by atoms with Crippen LogP contribution in [0.1, 0.15) is 74.6 Å². The van der Waals surface area contributed by atoms with E-state index in [4.69, 9.17) is 4.74 Å². The quantitative estimate of drug-likeness (QED) is 0.595. The second-order valence-corrected chi connectivity index (χ2v) is 9.07. The lowest BCUT2D eigenvalue weighted by Gasteiger charge is -2.23. The topological polar surface area (TPSA) is 80.3 Å². The van der Waals surface area contributed by atoms with Gasteiger partial charge in [-0.2, -0.15) is 0 Å². The van der Waals surface area contributed by atoms with E-state index < -0.39 is 0 Å². The van der Waals surface area contributed by atoms with Gasteiger partial charge in [-0.1, -0.05) is 25.7 Å². The number of thiophene rings is 1. The highest BCUT2D eigenvalue weighted by Gasteiger charge is 2.27. The normalized spacial score (nSPS) is 18.0. The monoisotopic (exact) mass is 427 g/mol. The number of hydrogen-bond donors (Lipinski definition) is 2. The van der Waals surface area contributed by atoms with Gasteiger partial charge in [0.25, 0.3) is 0 Å². The minimum absolute atomic E-state index is 0.0413. The van der Waals surface area contributed by atoms with Crippen molar-refractivity contribution in [2.75, 3.05) is 5.32 Å². The van der Waals surface area contributed by atoms with E-state index in [2.05, 4.69) is 15.6 Å². The Bertz CT molecular complexity index is 856. The van der Waals surface area contributed by atoms with Gasteiger partial charge >= 0.3 is 12.0 Å². The molecule has 0 aliphatic heterocycles. The fourth-order valence-electron chi connectivity index (χ4n) is 4.36. The molecule has 30 heavy (non-hydrogen) atoms. The smallest absolute Gasteiger partial charge is 0.342 e. The molecule has 2 aliphatic carbocycles. The van der Waals surface area contributed by atoms with E-state index >= 15 is 0 Å². The van der Waals surface area contributed by atoms with Crippen molar-refractivity contribution in [1.29, 1.82) is 0 Å². The Morgan fingerprint density at radius 1 is 0.967 bits per heavy atom. The molecule has 2 aromatic heterocycles. The largest absolute Gasteiger partial charge is 0.459 e. The van der Waals surface area contributed by atoms with Crippen LogP contribution in [0.3, 0.4) is 0 Å². The molecule has 7 heteroatoms. The molecule has 2 heterocycles. The Balaban J connectivity index is 1.54. The van der Waals surface area contributed by atoms with Gasteiger partial charge < -0.3 is 10.1 Å². The van der Waals surface area contributed by atoms with E-state index in [-0.39, 0.29) is 24.1 Å². The number of anilines is 1. The highest BCUT2D eigenvalue weighted by molar-refractivity contribution is 7.15. The van der Waals surface area contributed by atoms with Gasteiger partial charge in [0.05, 0.1) is 0 Å². The SMILES string of the molecule is O=C(Nc1scc(-c2ccncc2)c1C(=O)OC1CCCCC1)NC1CCCCC1. The third kappa shape index (κ3) is 5.19. The minimum Gasteiger partial charge on any atom is -0.459 e. The number of ether oxygens (including phenoxy) is 1. The molecule has 0 bridgehead atoms. The number of rotatable bonds is 5. The average molecular weight is 428 g/mol. The number of hydrogen-bond acceptors (Lipinski definition) is 5. The minimum atomic E-state index is -0.358. The van der Waals surface area contributed by atoms with Gasteiger partial charge in [-0.25, -0.2) is 9.59 Å². The van der Waals surface area contributed by atoms with Gasteiger partial charge in [-0.05, 0) is 56.2 Å². The molecule has 4 rings (SSSR count). The molecular weight excluding hydrogens is 398 g/mol. The van der Waals surface area contributed by atoms with Crippen molar-refractivity contribution in [3.05, 3.63) is 35.5 Å². The molecule has 2 aromatic rings. The van der Waals surface area contributed by atoms with Gasteiger partial charge in [0.2, 0.25) is 0 Å². The molecule has 6 nitrogen and oxygen atoms in total. The summed E-state index contributed by atoms with van der Waals surface area (Å²) in [7, 11) is 0. The van der Waals surface area contributed by atoms with E-state index in [9.17, 15) is 9.59 Å². The predicted molar refractivity (Wildman–Crippen MR) is 119 cm³/mol. The fourth-order valence-corrected chi connectivity index (χ4v) is 5.31. The Hall–Kier alpha value is -2.41. The van der Waals surface area contributed by atoms with E-state index in [1.165, 1.54) is 24.2 Å². The van der Waals surface area contributed by atoms with Crippen LogP contribution in [0.25, 0.3) is 11.1 Å². The molecule has 2 N–H and O–H groups in total. The Labute approximate surface area is 181 Å². The highest BCUT2D eigenvalue weighted by atomic mass is 32.1.